The Morgan fingerprint density at radius 2 is 2.27 bits per heavy atom. The largest absolute Gasteiger partial charge is 0.275 e. The summed E-state index contributed by atoms with van der Waals surface area (Å²) in [5.74, 6) is 0. The zero-order chi connectivity index (χ0) is 11.1. The molecule has 3 heteroatoms. The molecule has 0 N–H and O–H groups in total. The zero-order valence-corrected chi connectivity index (χ0v) is 10.3. The lowest BCUT2D eigenvalue weighted by atomic mass is 9.76. The van der Waals surface area contributed by atoms with Crippen LogP contribution in [0.5, 0.6) is 0 Å². The standard InChI is InChI=1S/C12H17ClN2/c1-12(2)7-9(6-10(13)8-12)11-4-5-15(3)14-11/h4-6,10H,7-8H2,1-3H3. The number of hydrogen-bond donors (Lipinski definition) is 0. The average Bonchev–Trinajstić information content (AvgIpc) is 2.48. The second-order valence-electron chi connectivity index (χ2n) is 5.13. The number of halogens is 1. The number of hydrogen-bond acceptors (Lipinski definition) is 1. The van der Waals surface area contributed by atoms with Gasteiger partial charge >= 0.3 is 0 Å². The van der Waals surface area contributed by atoms with Crippen LogP contribution < -0.4 is 0 Å². The molecule has 2 rings (SSSR count). The molecule has 0 saturated carbocycles. The van der Waals surface area contributed by atoms with Crippen molar-refractivity contribution in [3.05, 3.63) is 24.0 Å². The number of allylic oxidation sites excluding steroid dienone is 2. The van der Waals surface area contributed by atoms with E-state index in [0.29, 0.717) is 0 Å². The van der Waals surface area contributed by atoms with Gasteiger partial charge in [0.1, 0.15) is 0 Å². The summed E-state index contributed by atoms with van der Waals surface area (Å²) in [6.45, 7) is 4.52. The maximum absolute atomic E-state index is 6.24. The van der Waals surface area contributed by atoms with E-state index in [1.807, 2.05) is 17.9 Å². The van der Waals surface area contributed by atoms with Gasteiger partial charge < -0.3 is 0 Å². The van der Waals surface area contributed by atoms with E-state index in [9.17, 15) is 0 Å². The van der Waals surface area contributed by atoms with Gasteiger partial charge in [0, 0.05) is 13.2 Å². The van der Waals surface area contributed by atoms with E-state index < -0.39 is 0 Å². The minimum absolute atomic E-state index is 0.144. The lowest BCUT2D eigenvalue weighted by Gasteiger charge is -2.31. The summed E-state index contributed by atoms with van der Waals surface area (Å²) in [6.07, 6.45) is 6.23. The summed E-state index contributed by atoms with van der Waals surface area (Å²) >= 11 is 6.24. The molecule has 0 saturated heterocycles. The minimum Gasteiger partial charge on any atom is -0.275 e. The van der Waals surface area contributed by atoms with Crippen LogP contribution in [0, 0.1) is 5.41 Å². The average molecular weight is 225 g/mol. The highest BCUT2D eigenvalue weighted by Crippen LogP contribution is 2.40. The first-order chi connectivity index (χ1) is 6.96. The highest BCUT2D eigenvalue weighted by Gasteiger charge is 2.28. The zero-order valence-electron chi connectivity index (χ0n) is 9.50. The highest BCUT2D eigenvalue weighted by atomic mass is 35.5. The molecule has 1 heterocycles. The Hall–Kier alpha value is -0.760. The van der Waals surface area contributed by atoms with Gasteiger partial charge in [-0.25, -0.2) is 0 Å². The third-order valence-electron chi connectivity index (χ3n) is 2.84. The third-order valence-corrected chi connectivity index (χ3v) is 3.12. The molecular weight excluding hydrogens is 208 g/mol. The number of aryl methyl sites for hydroxylation is 1. The molecule has 2 nitrogen and oxygen atoms in total. The fraction of sp³-hybridized carbons (Fsp3) is 0.583. The molecule has 1 aromatic rings. The van der Waals surface area contributed by atoms with E-state index in [-0.39, 0.29) is 10.8 Å². The maximum Gasteiger partial charge on any atom is 0.0880 e. The molecule has 0 spiro atoms. The fourth-order valence-corrected chi connectivity index (χ4v) is 2.78. The molecular formula is C12H17ClN2. The van der Waals surface area contributed by atoms with Crippen LogP contribution in [0.25, 0.3) is 5.57 Å². The number of nitrogens with zero attached hydrogens (tertiary/aromatic N) is 2. The van der Waals surface area contributed by atoms with Crippen LogP contribution in [0.4, 0.5) is 0 Å². The lowest BCUT2D eigenvalue weighted by molar-refractivity contribution is 0.340. The molecule has 0 radical (unpaired) electrons. The lowest BCUT2D eigenvalue weighted by Crippen LogP contribution is -2.21. The van der Waals surface area contributed by atoms with Gasteiger partial charge in [-0.05, 0) is 29.9 Å². The van der Waals surface area contributed by atoms with Gasteiger partial charge in [-0.3, -0.25) is 4.68 Å². The summed E-state index contributed by atoms with van der Waals surface area (Å²) in [5, 5.41) is 4.57. The molecule has 1 aliphatic carbocycles. The Kier molecular flexibility index (Phi) is 2.63. The van der Waals surface area contributed by atoms with Gasteiger partial charge in [-0.15, -0.1) is 11.6 Å². The first-order valence-electron chi connectivity index (χ1n) is 5.31. The molecule has 82 valence electrons. The van der Waals surface area contributed by atoms with Crippen molar-refractivity contribution < 1.29 is 0 Å². The molecule has 1 atom stereocenters. The van der Waals surface area contributed by atoms with Crippen LogP contribution in [0.15, 0.2) is 18.3 Å². The Balaban J connectivity index is 2.29. The molecule has 0 aliphatic heterocycles. The van der Waals surface area contributed by atoms with Crippen molar-refractivity contribution >= 4 is 17.2 Å². The van der Waals surface area contributed by atoms with Crippen molar-refractivity contribution in [2.45, 2.75) is 32.1 Å². The van der Waals surface area contributed by atoms with Crippen LogP contribution in [0.3, 0.4) is 0 Å². The molecule has 0 fully saturated rings. The molecule has 1 aliphatic rings. The minimum atomic E-state index is 0.144. The SMILES string of the molecule is Cn1ccc(C2=CC(Cl)CC(C)(C)C2)n1. The van der Waals surface area contributed by atoms with Gasteiger partial charge in [-0.1, -0.05) is 19.9 Å². The third kappa shape index (κ3) is 2.43. The summed E-state index contributed by atoms with van der Waals surface area (Å²) in [4.78, 5) is 0. The van der Waals surface area contributed by atoms with Crippen LogP contribution >= 0.6 is 11.6 Å². The Bertz CT molecular complexity index is 390. The smallest absolute Gasteiger partial charge is 0.0880 e. The first kappa shape index (κ1) is 10.7. The van der Waals surface area contributed by atoms with Crippen LogP contribution in [-0.2, 0) is 7.05 Å². The van der Waals surface area contributed by atoms with Crippen LogP contribution in [0.2, 0.25) is 0 Å². The van der Waals surface area contributed by atoms with E-state index in [4.69, 9.17) is 11.6 Å². The van der Waals surface area contributed by atoms with Crippen molar-refractivity contribution in [2.24, 2.45) is 12.5 Å². The van der Waals surface area contributed by atoms with Crippen LogP contribution in [-0.4, -0.2) is 15.2 Å². The van der Waals surface area contributed by atoms with Gasteiger partial charge in [-0.2, -0.15) is 5.10 Å². The first-order valence-corrected chi connectivity index (χ1v) is 5.75. The molecule has 0 amide bonds. The summed E-state index contributed by atoms with van der Waals surface area (Å²) in [6, 6.07) is 2.05. The topological polar surface area (TPSA) is 17.8 Å². The predicted molar refractivity (Wildman–Crippen MR) is 63.8 cm³/mol. The molecule has 0 aromatic carbocycles. The number of alkyl halides is 1. The van der Waals surface area contributed by atoms with E-state index in [2.05, 4.69) is 31.1 Å². The van der Waals surface area contributed by atoms with Crippen molar-refractivity contribution in [3.8, 4) is 0 Å². The Morgan fingerprint density at radius 3 is 2.80 bits per heavy atom. The van der Waals surface area contributed by atoms with E-state index >= 15 is 0 Å². The summed E-state index contributed by atoms with van der Waals surface area (Å²) < 4.78 is 1.83. The summed E-state index contributed by atoms with van der Waals surface area (Å²) in [7, 11) is 1.94. The highest BCUT2D eigenvalue weighted by molar-refractivity contribution is 6.22. The van der Waals surface area contributed by atoms with E-state index in [1.54, 1.807) is 0 Å². The molecule has 0 bridgehead atoms. The monoisotopic (exact) mass is 224 g/mol. The van der Waals surface area contributed by atoms with Gasteiger partial charge in [0.15, 0.2) is 0 Å². The fourth-order valence-electron chi connectivity index (χ4n) is 2.21. The molecule has 1 unspecified atom stereocenters. The van der Waals surface area contributed by atoms with Crippen LogP contribution in [0.1, 0.15) is 32.4 Å². The second kappa shape index (κ2) is 3.67. The summed E-state index contributed by atoms with van der Waals surface area (Å²) in [5.41, 5.74) is 2.64. The van der Waals surface area contributed by atoms with Gasteiger partial charge in [0.05, 0.1) is 11.1 Å². The normalized spacial score (nSPS) is 25.1. The van der Waals surface area contributed by atoms with E-state index in [0.717, 1.165) is 18.5 Å². The maximum atomic E-state index is 6.24. The second-order valence-corrected chi connectivity index (χ2v) is 5.69. The quantitative estimate of drug-likeness (QED) is 0.670. The van der Waals surface area contributed by atoms with Crippen molar-refractivity contribution in [2.75, 3.05) is 0 Å². The van der Waals surface area contributed by atoms with Gasteiger partial charge in [0.2, 0.25) is 0 Å². The Morgan fingerprint density at radius 1 is 1.53 bits per heavy atom. The van der Waals surface area contributed by atoms with E-state index in [1.165, 1.54) is 5.57 Å². The van der Waals surface area contributed by atoms with Crippen molar-refractivity contribution in [3.63, 3.8) is 0 Å². The predicted octanol–water partition coefficient (Wildman–Crippen LogP) is 3.23. The van der Waals surface area contributed by atoms with Gasteiger partial charge in [0.25, 0.3) is 0 Å². The van der Waals surface area contributed by atoms with Crippen molar-refractivity contribution in [1.29, 1.82) is 0 Å². The molecule has 15 heavy (non-hydrogen) atoms. The number of aromatic nitrogens is 2. The number of rotatable bonds is 1. The van der Waals surface area contributed by atoms with Crippen molar-refractivity contribution in [1.82, 2.24) is 9.78 Å². The Labute approximate surface area is 95.9 Å². The molecule has 1 aromatic heterocycles.